The van der Waals surface area contributed by atoms with Gasteiger partial charge in [0.05, 0.1) is 11.5 Å². The van der Waals surface area contributed by atoms with E-state index >= 15 is 0 Å². The first kappa shape index (κ1) is 20.6. The normalized spacial score (nSPS) is 11.7. The Morgan fingerprint density at radius 2 is 1.96 bits per heavy atom. The lowest BCUT2D eigenvalue weighted by Gasteiger charge is -2.11. The summed E-state index contributed by atoms with van der Waals surface area (Å²) in [6, 6.07) is 4.96. The Kier molecular flexibility index (Phi) is 7.11. The zero-order chi connectivity index (χ0) is 20.0. The molecule has 0 saturated heterocycles. The Morgan fingerprint density at radius 1 is 1.22 bits per heavy atom. The number of rotatable bonds is 8. The number of hydrogen-bond donors (Lipinski definition) is 1. The molecule has 0 aliphatic heterocycles. The molecule has 0 radical (unpaired) electrons. The van der Waals surface area contributed by atoms with E-state index in [9.17, 15) is 9.90 Å². The molecule has 0 aliphatic carbocycles. The van der Waals surface area contributed by atoms with Crippen LogP contribution in [0.25, 0.3) is 11.0 Å². The summed E-state index contributed by atoms with van der Waals surface area (Å²) in [5, 5.41) is 10.8. The average molecular weight is 372 g/mol. The third kappa shape index (κ3) is 5.91. The van der Waals surface area contributed by atoms with Gasteiger partial charge in [-0.1, -0.05) is 17.2 Å². The third-order valence-corrected chi connectivity index (χ3v) is 3.93. The minimum atomic E-state index is -0.711. The van der Waals surface area contributed by atoms with Crippen LogP contribution >= 0.6 is 0 Å². The molecule has 146 valence electrons. The molecule has 2 rings (SSSR count). The van der Waals surface area contributed by atoms with Crippen LogP contribution in [0.4, 0.5) is 0 Å². The summed E-state index contributed by atoms with van der Waals surface area (Å²) in [6.45, 7) is 10.2. The van der Waals surface area contributed by atoms with Gasteiger partial charge < -0.3 is 19.0 Å². The summed E-state index contributed by atoms with van der Waals surface area (Å²) in [7, 11) is 0. The second-order valence-electron chi connectivity index (χ2n) is 7.07. The maximum absolute atomic E-state index is 12.2. The highest BCUT2D eigenvalue weighted by atomic mass is 16.5. The van der Waals surface area contributed by atoms with Gasteiger partial charge in [-0.15, -0.1) is 0 Å². The van der Waals surface area contributed by atoms with Gasteiger partial charge in [-0.05, 0) is 65.7 Å². The van der Waals surface area contributed by atoms with Crippen molar-refractivity contribution in [2.24, 2.45) is 0 Å². The number of ether oxygens (including phenoxy) is 2. The number of allylic oxidation sites excluding steroid dienone is 3. The molecular formula is C22H28O5. The molecule has 0 saturated carbocycles. The van der Waals surface area contributed by atoms with Gasteiger partial charge in [0.1, 0.15) is 17.9 Å². The number of fused-ring (bicyclic) bond motifs is 1. The van der Waals surface area contributed by atoms with E-state index in [4.69, 9.17) is 13.9 Å². The van der Waals surface area contributed by atoms with Crippen LogP contribution in [0.1, 0.15) is 47.5 Å². The minimum Gasteiger partial charge on any atom is -0.504 e. The fourth-order valence-corrected chi connectivity index (χ4v) is 2.58. The van der Waals surface area contributed by atoms with Crippen molar-refractivity contribution in [1.82, 2.24) is 0 Å². The summed E-state index contributed by atoms with van der Waals surface area (Å²) in [6.07, 6.45) is 5.97. The molecule has 27 heavy (non-hydrogen) atoms. The van der Waals surface area contributed by atoms with Crippen molar-refractivity contribution >= 4 is 11.0 Å². The van der Waals surface area contributed by atoms with E-state index in [1.54, 1.807) is 18.2 Å². The Labute approximate surface area is 159 Å². The van der Waals surface area contributed by atoms with Gasteiger partial charge in [0.15, 0.2) is 5.75 Å². The Balaban J connectivity index is 2.14. The predicted octanol–water partition coefficient (Wildman–Crippen LogP) is 5.36. The molecule has 1 aromatic heterocycles. The molecule has 5 heteroatoms. The Morgan fingerprint density at radius 3 is 2.63 bits per heavy atom. The minimum absolute atomic E-state index is 0.00265. The molecule has 0 amide bonds. The fraction of sp³-hybridized carbons (Fsp3) is 0.409. The van der Waals surface area contributed by atoms with Crippen molar-refractivity contribution in [3.63, 3.8) is 0 Å². The van der Waals surface area contributed by atoms with E-state index in [0.29, 0.717) is 11.1 Å². The molecule has 0 fully saturated rings. The first-order chi connectivity index (χ1) is 12.8. The summed E-state index contributed by atoms with van der Waals surface area (Å²) in [5.41, 5.74) is 2.00. The highest BCUT2D eigenvalue weighted by Gasteiger charge is 2.16. The highest BCUT2D eigenvalue weighted by Crippen LogP contribution is 2.33. The molecule has 0 bridgehead atoms. The molecule has 5 nitrogen and oxygen atoms in total. The van der Waals surface area contributed by atoms with Crippen molar-refractivity contribution in [3.05, 3.63) is 51.9 Å². The van der Waals surface area contributed by atoms with Crippen LogP contribution in [0.3, 0.4) is 0 Å². The maximum Gasteiger partial charge on any atom is 0.383 e. The van der Waals surface area contributed by atoms with E-state index in [0.717, 1.165) is 18.4 Å². The van der Waals surface area contributed by atoms with Gasteiger partial charge in [0.2, 0.25) is 5.75 Å². The molecule has 1 heterocycles. The molecule has 1 N–H and O–H groups in total. The van der Waals surface area contributed by atoms with Crippen LogP contribution in [0.15, 0.2) is 50.7 Å². The van der Waals surface area contributed by atoms with E-state index < -0.39 is 5.63 Å². The molecule has 0 atom stereocenters. The van der Waals surface area contributed by atoms with Crippen LogP contribution in [0.2, 0.25) is 0 Å². The fourth-order valence-electron chi connectivity index (χ4n) is 2.58. The van der Waals surface area contributed by atoms with E-state index in [-0.39, 0.29) is 29.8 Å². The maximum atomic E-state index is 12.2. The zero-order valence-corrected chi connectivity index (χ0v) is 16.7. The number of hydrogen-bond acceptors (Lipinski definition) is 5. The molecule has 2 aromatic rings. The van der Waals surface area contributed by atoms with E-state index in [1.807, 2.05) is 26.8 Å². The van der Waals surface area contributed by atoms with Crippen molar-refractivity contribution in [2.45, 2.75) is 53.6 Å². The average Bonchev–Trinajstić information content (AvgIpc) is 2.56. The van der Waals surface area contributed by atoms with E-state index in [1.165, 1.54) is 5.57 Å². The van der Waals surface area contributed by atoms with Crippen LogP contribution < -0.4 is 15.1 Å². The van der Waals surface area contributed by atoms with Gasteiger partial charge in [-0.25, -0.2) is 4.79 Å². The summed E-state index contributed by atoms with van der Waals surface area (Å²) in [4.78, 5) is 12.2. The van der Waals surface area contributed by atoms with Crippen molar-refractivity contribution < 1.29 is 19.0 Å². The summed E-state index contributed by atoms with van der Waals surface area (Å²) >= 11 is 0. The zero-order valence-electron chi connectivity index (χ0n) is 16.7. The number of benzene rings is 1. The quantitative estimate of drug-likeness (QED) is 0.499. The van der Waals surface area contributed by atoms with Crippen LogP contribution in [-0.2, 0) is 0 Å². The SMILES string of the molecule is CC(C)=CCC/C(C)=C/COc1c(O)c2ccc(OC(C)C)cc2oc1=O. The lowest BCUT2D eigenvalue weighted by atomic mass is 10.1. The Bertz CT molecular complexity index is 899. The lowest BCUT2D eigenvalue weighted by molar-refractivity contribution is 0.242. The van der Waals surface area contributed by atoms with Crippen LogP contribution in [0.5, 0.6) is 17.2 Å². The monoisotopic (exact) mass is 372 g/mol. The largest absolute Gasteiger partial charge is 0.504 e. The summed E-state index contributed by atoms with van der Waals surface area (Å²) in [5.74, 6) is 0.185. The van der Waals surface area contributed by atoms with Gasteiger partial charge in [0, 0.05) is 6.07 Å². The van der Waals surface area contributed by atoms with Crippen LogP contribution in [0, 0.1) is 0 Å². The molecule has 0 spiro atoms. The standard InChI is InChI=1S/C22H28O5/c1-14(2)7-6-8-16(5)11-12-25-21-20(23)18-10-9-17(26-15(3)4)13-19(18)27-22(21)24/h7,9-11,13,15,23H,6,8,12H2,1-5H3/b16-11+. The van der Waals surface area contributed by atoms with Crippen LogP contribution in [-0.4, -0.2) is 17.8 Å². The van der Waals surface area contributed by atoms with Gasteiger partial charge >= 0.3 is 5.63 Å². The van der Waals surface area contributed by atoms with Crippen molar-refractivity contribution in [2.75, 3.05) is 6.61 Å². The molecule has 0 aliphatic rings. The van der Waals surface area contributed by atoms with Gasteiger partial charge in [-0.2, -0.15) is 0 Å². The molecular weight excluding hydrogens is 344 g/mol. The lowest BCUT2D eigenvalue weighted by Crippen LogP contribution is -2.08. The van der Waals surface area contributed by atoms with Gasteiger partial charge in [0.25, 0.3) is 0 Å². The second-order valence-corrected chi connectivity index (χ2v) is 7.07. The van der Waals surface area contributed by atoms with Crippen molar-refractivity contribution in [1.29, 1.82) is 0 Å². The first-order valence-corrected chi connectivity index (χ1v) is 9.16. The highest BCUT2D eigenvalue weighted by molar-refractivity contribution is 5.86. The second kappa shape index (κ2) is 9.31. The first-order valence-electron chi connectivity index (χ1n) is 9.16. The summed E-state index contributed by atoms with van der Waals surface area (Å²) < 4.78 is 16.4. The van der Waals surface area contributed by atoms with Gasteiger partial charge in [-0.3, -0.25) is 0 Å². The molecule has 1 aromatic carbocycles. The number of aromatic hydroxyl groups is 1. The molecule has 0 unspecified atom stereocenters. The predicted molar refractivity (Wildman–Crippen MR) is 108 cm³/mol. The third-order valence-electron chi connectivity index (χ3n) is 3.93. The van der Waals surface area contributed by atoms with E-state index in [2.05, 4.69) is 19.9 Å². The van der Waals surface area contributed by atoms with Crippen molar-refractivity contribution in [3.8, 4) is 17.2 Å². The Hall–Kier alpha value is -2.69. The smallest absolute Gasteiger partial charge is 0.383 e. The topological polar surface area (TPSA) is 68.9 Å².